The smallest absolute Gasteiger partial charge is 0.304 e. The number of benzene rings is 2. The lowest BCUT2D eigenvalue weighted by molar-refractivity contribution is -0.137. The molecule has 2 aromatic heterocycles. The van der Waals surface area contributed by atoms with E-state index in [0.717, 1.165) is 50.2 Å². The molecule has 0 radical (unpaired) electrons. The van der Waals surface area contributed by atoms with E-state index in [4.69, 9.17) is 4.98 Å². The maximum atomic E-state index is 13.5. The second kappa shape index (κ2) is 11.7. The minimum Gasteiger partial charge on any atom is -0.481 e. The third kappa shape index (κ3) is 7.04. The van der Waals surface area contributed by atoms with Gasteiger partial charge < -0.3 is 15.3 Å². The second-order valence-electron chi connectivity index (χ2n) is 9.78. The molecule has 0 amide bonds. The van der Waals surface area contributed by atoms with Gasteiger partial charge in [0.15, 0.2) is 0 Å². The lowest BCUT2D eigenvalue weighted by Gasteiger charge is -2.28. The van der Waals surface area contributed by atoms with Crippen LogP contribution in [0.2, 0.25) is 0 Å². The molecule has 0 aliphatic rings. The van der Waals surface area contributed by atoms with Crippen molar-refractivity contribution in [1.29, 1.82) is 0 Å². The Kier molecular flexibility index (Phi) is 8.38. The fourth-order valence-corrected chi connectivity index (χ4v) is 5.29. The van der Waals surface area contributed by atoms with Gasteiger partial charge in [-0.05, 0) is 61.2 Å². The highest BCUT2D eigenvalue weighted by Crippen LogP contribution is 2.32. The van der Waals surface area contributed by atoms with Crippen molar-refractivity contribution in [1.82, 2.24) is 9.97 Å². The number of carboxylic acid groups (broad SMARTS) is 1. The molecule has 194 valence electrons. The van der Waals surface area contributed by atoms with Crippen LogP contribution in [0.3, 0.4) is 0 Å². The molecule has 1 unspecified atom stereocenters. The van der Waals surface area contributed by atoms with Gasteiger partial charge in [0.1, 0.15) is 11.6 Å². The number of nitrogens with one attached hydrogen (secondary N) is 1. The third-order valence-corrected chi connectivity index (χ3v) is 7.08. The highest BCUT2D eigenvalue weighted by atomic mass is 32.1. The van der Waals surface area contributed by atoms with Crippen LogP contribution >= 0.6 is 11.3 Å². The Labute approximate surface area is 221 Å². The van der Waals surface area contributed by atoms with Gasteiger partial charge in [-0.3, -0.25) is 4.79 Å². The molecule has 0 aliphatic heterocycles. The first-order valence-corrected chi connectivity index (χ1v) is 13.4. The van der Waals surface area contributed by atoms with E-state index in [-0.39, 0.29) is 18.2 Å². The van der Waals surface area contributed by atoms with E-state index >= 15 is 0 Å². The number of halogens is 1. The Morgan fingerprint density at radius 2 is 1.84 bits per heavy atom. The number of aromatic nitrogens is 2. The average molecular weight is 521 g/mol. The quantitative estimate of drug-likeness (QED) is 0.213. The number of hydrogen-bond acceptors (Lipinski definition) is 6. The molecule has 0 spiro atoms. The van der Waals surface area contributed by atoms with Gasteiger partial charge in [-0.2, -0.15) is 0 Å². The summed E-state index contributed by atoms with van der Waals surface area (Å²) in [6.45, 7) is 9.58. The van der Waals surface area contributed by atoms with Crippen LogP contribution in [0.15, 0.2) is 54.6 Å². The minimum absolute atomic E-state index is 0.0145. The van der Waals surface area contributed by atoms with Gasteiger partial charge in [-0.1, -0.05) is 32.9 Å². The van der Waals surface area contributed by atoms with Gasteiger partial charge in [-0.25, -0.2) is 14.4 Å². The second-order valence-corrected chi connectivity index (χ2v) is 11.0. The Hall–Kier alpha value is -3.52. The summed E-state index contributed by atoms with van der Waals surface area (Å²) >= 11 is 1.65. The molecular formula is C29H33FN4O2S. The van der Waals surface area contributed by atoms with Gasteiger partial charge in [0.2, 0.25) is 0 Å². The molecule has 4 aromatic rings. The van der Waals surface area contributed by atoms with Gasteiger partial charge in [0.25, 0.3) is 0 Å². The topological polar surface area (TPSA) is 78.3 Å². The van der Waals surface area contributed by atoms with Crippen molar-refractivity contribution >= 4 is 44.7 Å². The molecule has 0 saturated carbocycles. The summed E-state index contributed by atoms with van der Waals surface area (Å²) in [7, 11) is 0. The number of hydrogen-bond donors (Lipinski definition) is 2. The Balaban J connectivity index is 1.74. The van der Waals surface area contributed by atoms with E-state index in [1.165, 1.54) is 12.1 Å². The number of carboxylic acids is 1. The van der Waals surface area contributed by atoms with Crippen LogP contribution in [-0.4, -0.2) is 27.6 Å². The van der Waals surface area contributed by atoms with Gasteiger partial charge in [-0.15, -0.1) is 11.3 Å². The van der Waals surface area contributed by atoms with E-state index in [2.05, 4.69) is 35.1 Å². The highest BCUT2D eigenvalue weighted by Gasteiger charge is 2.20. The van der Waals surface area contributed by atoms with E-state index < -0.39 is 5.97 Å². The number of thiazole rings is 1. The summed E-state index contributed by atoms with van der Waals surface area (Å²) in [5.41, 5.74) is 4.47. The standard InChI is InChI=1S/C29H33FN4O2S/c1-5-21(12-29(35)36)26-13-24(32-23-10-11-25-27(14-23)37-19(4)31-25)15-28(33-26)34(16-18(2)3)17-20-6-8-22(30)9-7-20/h6-11,13-15,18,21H,5,12,16-17H2,1-4H3,(H,32,33)(H,35,36). The zero-order chi connectivity index (χ0) is 26.5. The van der Waals surface area contributed by atoms with Crippen molar-refractivity contribution in [3.05, 3.63) is 76.7 Å². The number of fused-ring (bicyclic) bond motifs is 1. The fraction of sp³-hybridized carbons (Fsp3) is 0.345. The molecule has 0 fully saturated rings. The molecular weight excluding hydrogens is 487 g/mol. The number of pyridine rings is 1. The van der Waals surface area contributed by atoms with Crippen molar-refractivity contribution in [3.8, 4) is 0 Å². The zero-order valence-electron chi connectivity index (χ0n) is 21.7. The molecule has 8 heteroatoms. The molecule has 2 heterocycles. The predicted molar refractivity (Wildman–Crippen MR) is 149 cm³/mol. The molecule has 2 aromatic carbocycles. The summed E-state index contributed by atoms with van der Waals surface area (Å²) in [6.07, 6.45) is 0.678. The van der Waals surface area contributed by atoms with Crippen LogP contribution in [0.1, 0.15) is 55.8 Å². The summed E-state index contributed by atoms with van der Waals surface area (Å²) in [4.78, 5) is 23.3. The third-order valence-electron chi connectivity index (χ3n) is 6.14. The molecule has 6 nitrogen and oxygen atoms in total. The first kappa shape index (κ1) is 26.5. The number of aryl methyl sites for hydroxylation is 1. The minimum atomic E-state index is -0.843. The van der Waals surface area contributed by atoms with Crippen molar-refractivity contribution in [3.63, 3.8) is 0 Å². The van der Waals surface area contributed by atoms with E-state index in [1.807, 2.05) is 38.1 Å². The number of nitrogens with zero attached hydrogens (tertiary/aromatic N) is 3. The van der Waals surface area contributed by atoms with Crippen LogP contribution in [0, 0.1) is 18.7 Å². The van der Waals surface area contributed by atoms with Crippen molar-refractivity contribution in [2.75, 3.05) is 16.8 Å². The fourth-order valence-electron chi connectivity index (χ4n) is 4.42. The van der Waals surface area contributed by atoms with Crippen LogP contribution < -0.4 is 10.2 Å². The van der Waals surface area contributed by atoms with Crippen LogP contribution in [0.5, 0.6) is 0 Å². The van der Waals surface area contributed by atoms with Crippen LogP contribution in [0.25, 0.3) is 10.2 Å². The SMILES string of the molecule is CCC(CC(=O)O)c1cc(Nc2ccc3nc(C)sc3c2)cc(N(Cc2ccc(F)cc2)CC(C)C)n1. The molecule has 1 atom stereocenters. The average Bonchev–Trinajstić information content (AvgIpc) is 3.22. The van der Waals surface area contributed by atoms with Gasteiger partial charge in [0, 0.05) is 42.1 Å². The van der Waals surface area contributed by atoms with E-state index in [9.17, 15) is 14.3 Å². The zero-order valence-corrected chi connectivity index (χ0v) is 22.5. The molecule has 37 heavy (non-hydrogen) atoms. The molecule has 0 saturated heterocycles. The molecule has 2 N–H and O–H groups in total. The number of carbonyl (C=O) groups is 1. The van der Waals surface area contributed by atoms with E-state index in [1.54, 1.807) is 23.5 Å². The first-order chi connectivity index (χ1) is 17.7. The monoisotopic (exact) mass is 520 g/mol. The number of anilines is 3. The highest BCUT2D eigenvalue weighted by molar-refractivity contribution is 7.18. The van der Waals surface area contributed by atoms with Crippen molar-refractivity contribution in [2.45, 2.75) is 53.0 Å². The van der Waals surface area contributed by atoms with Crippen LogP contribution in [0.4, 0.5) is 21.6 Å². The predicted octanol–water partition coefficient (Wildman–Crippen LogP) is 7.51. The van der Waals surface area contributed by atoms with Crippen LogP contribution in [-0.2, 0) is 11.3 Å². The number of rotatable bonds is 11. The number of aliphatic carboxylic acids is 1. The molecule has 4 rings (SSSR count). The Morgan fingerprint density at radius 3 is 2.51 bits per heavy atom. The lowest BCUT2D eigenvalue weighted by atomic mass is 9.97. The summed E-state index contributed by atoms with van der Waals surface area (Å²) in [5, 5.41) is 14.0. The van der Waals surface area contributed by atoms with Gasteiger partial charge in [0.05, 0.1) is 21.6 Å². The van der Waals surface area contributed by atoms with E-state index in [0.29, 0.717) is 18.9 Å². The van der Waals surface area contributed by atoms with Gasteiger partial charge >= 0.3 is 5.97 Å². The summed E-state index contributed by atoms with van der Waals surface area (Å²) < 4.78 is 14.6. The summed E-state index contributed by atoms with van der Waals surface area (Å²) in [6, 6.07) is 16.6. The first-order valence-electron chi connectivity index (χ1n) is 12.6. The maximum Gasteiger partial charge on any atom is 0.304 e. The van der Waals surface area contributed by atoms with Crippen molar-refractivity contribution < 1.29 is 14.3 Å². The summed E-state index contributed by atoms with van der Waals surface area (Å²) in [5.74, 6) is -0.198. The molecule has 0 aliphatic carbocycles. The Morgan fingerprint density at radius 1 is 1.08 bits per heavy atom. The lowest BCUT2D eigenvalue weighted by Crippen LogP contribution is -2.28. The Bertz CT molecular complexity index is 1370. The maximum absolute atomic E-state index is 13.5. The molecule has 0 bridgehead atoms. The van der Waals surface area contributed by atoms with Crippen molar-refractivity contribution in [2.24, 2.45) is 5.92 Å². The normalized spacial score (nSPS) is 12.2. The largest absolute Gasteiger partial charge is 0.481 e.